The molecule has 0 bridgehead atoms. The van der Waals surface area contributed by atoms with E-state index in [0.29, 0.717) is 31.5 Å². The fourth-order valence-electron chi connectivity index (χ4n) is 3.33. The number of carbonyl (C=O) groups is 1. The van der Waals surface area contributed by atoms with Gasteiger partial charge < -0.3 is 24.6 Å². The van der Waals surface area contributed by atoms with Crippen LogP contribution in [0, 0.1) is 12.8 Å². The van der Waals surface area contributed by atoms with Crippen molar-refractivity contribution in [1.82, 2.24) is 20.8 Å². The summed E-state index contributed by atoms with van der Waals surface area (Å²) in [5.41, 5.74) is -0.202. The van der Waals surface area contributed by atoms with Gasteiger partial charge in [-0.1, -0.05) is 5.16 Å². The molecule has 2 N–H and O–H groups in total. The van der Waals surface area contributed by atoms with Gasteiger partial charge in [0, 0.05) is 26.9 Å². The summed E-state index contributed by atoms with van der Waals surface area (Å²) in [5, 5.41) is 9.78. The number of hydrogen-bond donors (Lipinski definition) is 2. The zero-order valence-corrected chi connectivity index (χ0v) is 14.3. The topological polar surface area (TPSA) is 98.5 Å². The Bertz CT molecular complexity index is 547. The average molecular weight is 338 g/mol. The lowest BCUT2D eigenvalue weighted by Gasteiger charge is -2.40. The first-order valence-corrected chi connectivity index (χ1v) is 8.59. The standard InChI is InChI=1S/C16H26N4O4/c1-11-18-14(24-20-11)13(12-4-8-23-9-5-12)19-15(21)17-10-16(22-2)6-3-7-16/h12-13H,3-10H2,1-2H3,(H2,17,19,21). The van der Waals surface area contributed by atoms with Crippen LogP contribution in [-0.4, -0.2) is 48.6 Å². The molecule has 134 valence electrons. The molecule has 2 amide bonds. The zero-order valence-electron chi connectivity index (χ0n) is 14.3. The van der Waals surface area contributed by atoms with E-state index >= 15 is 0 Å². The largest absolute Gasteiger partial charge is 0.381 e. The van der Waals surface area contributed by atoms with Gasteiger partial charge in [0.2, 0.25) is 5.89 Å². The molecule has 2 heterocycles. The van der Waals surface area contributed by atoms with Crippen molar-refractivity contribution in [1.29, 1.82) is 0 Å². The monoisotopic (exact) mass is 338 g/mol. The lowest BCUT2D eigenvalue weighted by atomic mass is 9.80. The van der Waals surface area contributed by atoms with E-state index in [9.17, 15) is 4.79 Å². The molecule has 1 saturated carbocycles. The van der Waals surface area contributed by atoms with Gasteiger partial charge >= 0.3 is 6.03 Å². The highest BCUT2D eigenvalue weighted by molar-refractivity contribution is 5.74. The third-order valence-corrected chi connectivity index (χ3v) is 5.10. The molecule has 1 unspecified atom stereocenters. The number of nitrogens with one attached hydrogen (secondary N) is 2. The van der Waals surface area contributed by atoms with Crippen molar-refractivity contribution in [3.05, 3.63) is 11.7 Å². The summed E-state index contributed by atoms with van der Waals surface area (Å²) in [6.45, 7) is 3.65. The molecular formula is C16H26N4O4. The van der Waals surface area contributed by atoms with Crippen LogP contribution in [0.25, 0.3) is 0 Å². The molecule has 1 saturated heterocycles. The fourth-order valence-corrected chi connectivity index (χ4v) is 3.33. The molecule has 2 fully saturated rings. The van der Waals surface area contributed by atoms with Gasteiger partial charge in [-0.3, -0.25) is 0 Å². The molecule has 0 spiro atoms. The number of amides is 2. The van der Waals surface area contributed by atoms with E-state index in [-0.39, 0.29) is 23.6 Å². The van der Waals surface area contributed by atoms with E-state index < -0.39 is 0 Å². The third-order valence-electron chi connectivity index (χ3n) is 5.10. The second kappa shape index (κ2) is 7.48. The minimum atomic E-state index is -0.296. The van der Waals surface area contributed by atoms with Crippen LogP contribution in [0.2, 0.25) is 0 Å². The van der Waals surface area contributed by atoms with E-state index in [0.717, 1.165) is 32.1 Å². The highest BCUT2D eigenvalue weighted by Crippen LogP contribution is 2.34. The maximum Gasteiger partial charge on any atom is 0.315 e. The molecule has 1 aromatic heterocycles. The summed E-state index contributed by atoms with van der Waals surface area (Å²) >= 11 is 0. The summed E-state index contributed by atoms with van der Waals surface area (Å²) in [6.07, 6.45) is 4.82. The Morgan fingerprint density at radius 3 is 2.71 bits per heavy atom. The Balaban J connectivity index is 1.61. The molecule has 8 heteroatoms. The van der Waals surface area contributed by atoms with E-state index in [1.165, 1.54) is 0 Å². The highest BCUT2D eigenvalue weighted by atomic mass is 16.5. The Kier molecular flexibility index (Phi) is 5.35. The SMILES string of the molecule is COC1(CNC(=O)NC(c2nc(C)no2)C2CCOCC2)CCC1. The number of rotatable bonds is 6. The number of aromatic nitrogens is 2. The molecule has 1 aliphatic carbocycles. The summed E-state index contributed by atoms with van der Waals surface area (Å²) in [6, 6.07) is -0.527. The molecule has 0 aromatic carbocycles. The maximum atomic E-state index is 12.4. The Morgan fingerprint density at radius 1 is 1.42 bits per heavy atom. The van der Waals surface area contributed by atoms with Crippen molar-refractivity contribution in [2.45, 2.75) is 50.7 Å². The first kappa shape index (κ1) is 17.2. The number of nitrogens with zero attached hydrogens (tertiary/aromatic N) is 2. The van der Waals surface area contributed by atoms with Crippen molar-refractivity contribution in [3.8, 4) is 0 Å². The predicted molar refractivity (Wildman–Crippen MR) is 85.4 cm³/mol. The van der Waals surface area contributed by atoms with Crippen LogP contribution >= 0.6 is 0 Å². The normalized spacial score (nSPS) is 21.8. The first-order valence-electron chi connectivity index (χ1n) is 8.59. The Morgan fingerprint density at radius 2 is 2.17 bits per heavy atom. The molecule has 1 aliphatic heterocycles. The first-order chi connectivity index (χ1) is 11.6. The zero-order chi connectivity index (χ0) is 17.0. The van der Waals surface area contributed by atoms with Crippen LogP contribution in [-0.2, 0) is 9.47 Å². The molecule has 1 atom stereocenters. The third kappa shape index (κ3) is 3.87. The molecule has 1 aromatic rings. The molecule has 8 nitrogen and oxygen atoms in total. The number of methoxy groups -OCH3 is 1. The van der Waals surface area contributed by atoms with E-state index in [1.807, 2.05) is 0 Å². The summed E-state index contributed by atoms with van der Waals surface area (Å²) in [5.74, 6) is 1.25. The molecule has 0 radical (unpaired) electrons. The summed E-state index contributed by atoms with van der Waals surface area (Å²) < 4.78 is 16.3. The van der Waals surface area contributed by atoms with E-state index in [2.05, 4.69) is 20.8 Å². The van der Waals surface area contributed by atoms with Crippen molar-refractivity contribution >= 4 is 6.03 Å². The molecule has 24 heavy (non-hydrogen) atoms. The fraction of sp³-hybridized carbons (Fsp3) is 0.812. The van der Waals surface area contributed by atoms with Gasteiger partial charge in [-0.05, 0) is 44.9 Å². The van der Waals surface area contributed by atoms with Crippen LogP contribution in [0.15, 0.2) is 4.52 Å². The number of urea groups is 1. The van der Waals surface area contributed by atoms with Crippen molar-refractivity contribution in [2.75, 3.05) is 26.9 Å². The highest BCUT2D eigenvalue weighted by Gasteiger charge is 2.38. The van der Waals surface area contributed by atoms with Crippen molar-refractivity contribution in [2.24, 2.45) is 5.92 Å². The van der Waals surface area contributed by atoms with Gasteiger partial charge in [-0.15, -0.1) is 0 Å². The van der Waals surface area contributed by atoms with Crippen LogP contribution < -0.4 is 10.6 Å². The van der Waals surface area contributed by atoms with Gasteiger partial charge in [0.25, 0.3) is 0 Å². The summed E-state index contributed by atoms with van der Waals surface area (Å²) in [7, 11) is 1.70. The van der Waals surface area contributed by atoms with E-state index in [4.69, 9.17) is 14.0 Å². The van der Waals surface area contributed by atoms with Crippen LogP contribution in [0.1, 0.15) is 49.9 Å². The lowest BCUT2D eigenvalue weighted by Crippen LogP contribution is -2.52. The van der Waals surface area contributed by atoms with Crippen molar-refractivity contribution < 1.29 is 18.8 Å². The second-order valence-electron chi connectivity index (χ2n) is 6.68. The Labute approximate surface area is 141 Å². The predicted octanol–water partition coefficient (Wildman–Crippen LogP) is 1.71. The van der Waals surface area contributed by atoms with Gasteiger partial charge in [0.05, 0.1) is 5.60 Å². The van der Waals surface area contributed by atoms with E-state index in [1.54, 1.807) is 14.0 Å². The molecular weight excluding hydrogens is 312 g/mol. The smallest absolute Gasteiger partial charge is 0.315 e. The van der Waals surface area contributed by atoms with Gasteiger partial charge in [-0.2, -0.15) is 4.98 Å². The minimum absolute atomic E-state index is 0.202. The number of carbonyl (C=O) groups excluding carboxylic acids is 1. The van der Waals surface area contributed by atoms with Crippen LogP contribution in [0.3, 0.4) is 0 Å². The van der Waals surface area contributed by atoms with Gasteiger partial charge in [0.1, 0.15) is 6.04 Å². The number of hydrogen-bond acceptors (Lipinski definition) is 6. The maximum absolute atomic E-state index is 12.4. The summed E-state index contributed by atoms with van der Waals surface area (Å²) in [4.78, 5) is 16.7. The van der Waals surface area contributed by atoms with Crippen molar-refractivity contribution in [3.63, 3.8) is 0 Å². The van der Waals surface area contributed by atoms with Crippen LogP contribution in [0.5, 0.6) is 0 Å². The average Bonchev–Trinajstić information content (AvgIpc) is 2.99. The quantitative estimate of drug-likeness (QED) is 0.819. The Hall–Kier alpha value is -1.67. The van der Waals surface area contributed by atoms with Crippen LogP contribution in [0.4, 0.5) is 4.79 Å². The molecule has 2 aliphatic rings. The lowest BCUT2D eigenvalue weighted by molar-refractivity contribution is -0.0674. The molecule has 3 rings (SSSR count). The second-order valence-corrected chi connectivity index (χ2v) is 6.68. The number of ether oxygens (including phenoxy) is 2. The van der Waals surface area contributed by atoms with Gasteiger partial charge in [0.15, 0.2) is 5.82 Å². The minimum Gasteiger partial charge on any atom is -0.381 e. The number of aryl methyl sites for hydroxylation is 1. The van der Waals surface area contributed by atoms with Gasteiger partial charge in [-0.25, -0.2) is 4.79 Å².